The smallest absolute Gasteiger partial charge is 0.317 e. The number of urea groups is 1. The van der Waals surface area contributed by atoms with E-state index < -0.39 is 5.97 Å². The number of aliphatic carboxylic acids is 1. The number of ether oxygens (including phenoxy) is 1. The Balaban J connectivity index is 2.50. The van der Waals surface area contributed by atoms with E-state index in [1.807, 2.05) is 0 Å². The zero-order valence-corrected chi connectivity index (χ0v) is 13.9. The number of hydrogen-bond acceptors (Lipinski definition) is 4. The van der Waals surface area contributed by atoms with Gasteiger partial charge >= 0.3 is 12.0 Å². The molecule has 0 bridgehead atoms. The number of carbonyl (C=O) groups excluding carboxylic acids is 1. The first kappa shape index (κ1) is 18.1. The van der Waals surface area contributed by atoms with Crippen molar-refractivity contribution in [3.05, 3.63) is 0 Å². The van der Waals surface area contributed by atoms with E-state index in [0.717, 1.165) is 12.2 Å². The molecule has 1 unspecified atom stereocenters. The van der Waals surface area contributed by atoms with E-state index >= 15 is 0 Å². The van der Waals surface area contributed by atoms with Crippen LogP contribution in [0.15, 0.2) is 0 Å². The van der Waals surface area contributed by atoms with Gasteiger partial charge in [0.05, 0.1) is 12.5 Å². The standard InChI is InChI=1S/C14H26N2O4S/c1-14(2,4-6-20-3)10-15-13(19)16-5-7-21-9-11(16)8-12(17)18/h11H,4-10H2,1-3H3,(H,15,19)(H,17,18). The molecule has 1 aliphatic heterocycles. The van der Waals surface area contributed by atoms with E-state index in [2.05, 4.69) is 19.2 Å². The van der Waals surface area contributed by atoms with Gasteiger partial charge in [-0.1, -0.05) is 13.8 Å². The summed E-state index contributed by atoms with van der Waals surface area (Å²) in [5, 5.41) is 11.9. The number of carbonyl (C=O) groups is 2. The average molecular weight is 318 g/mol. The maximum absolute atomic E-state index is 12.3. The van der Waals surface area contributed by atoms with Gasteiger partial charge in [-0.05, 0) is 11.8 Å². The third-order valence-electron chi connectivity index (χ3n) is 3.60. The first-order valence-corrected chi connectivity index (χ1v) is 8.34. The molecule has 0 aromatic rings. The molecule has 2 N–H and O–H groups in total. The second-order valence-electron chi connectivity index (χ2n) is 6.09. The Morgan fingerprint density at radius 1 is 1.48 bits per heavy atom. The van der Waals surface area contributed by atoms with Crippen molar-refractivity contribution in [3.63, 3.8) is 0 Å². The topological polar surface area (TPSA) is 78.9 Å². The molecular weight excluding hydrogens is 292 g/mol. The number of amides is 2. The van der Waals surface area contributed by atoms with Crippen LogP contribution in [-0.2, 0) is 9.53 Å². The lowest BCUT2D eigenvalue weighted by Gasteiger charge is -2.35. The molecule has 0 aromatic heterocycles. The minimum absolute atomic E-state index is 0.00743. The fraction of sp³-hybridized carbons (Fsp3) is 0.857. The van der Waals surface area contributed by atoms with Crippen LogP contribution in [0, 0.1) is 5.41 Å². The van der Waals surface area contributed by atoms with E-state index in [-0.39, 0.29) is 23.9 Å². The monoisotopic (exact) mass is 318 g/mol. The van der Waals surface area contributed by atoms with E-state index in [9.17, 15) is 9.59 Å². The molecule has 0 spiro atoms. The Kier molecular flexibility index (Phi) is 7.31. The quantitative estimate of drug-likeness (QED) is 0.746. The molecule has 0 saturated carbocycles. The summed E-state index contributed by atoms with van der Waals surface area (Å²) >= 11 is 1.70. The van der Waals surface area contributed by atoms with Crippen LogP contribution in [0.3, 0.4) is 0 Å². The number of rotatable bonds is 7. The zero-order chi connectivity index (χ0) is 15.9. The highest BCUT2D eigenvalue weighted by molar-refractivity contribution is 7.99. The van der Waals surface area contributed by atoms with Crippen LogP contribution in [0.25, 0.3) is 0 Å². The summed E-state index contributed by atoms with van der Waals surface area (Å²) in [4.78, 5) is 24.8. The maximum atomic E-state index is 12.3. The second kappa shape index (κ2) is 8.48. The predicted molar refractivity (Wildman–Crippen MR) is 83.7 cm³/mol. The minimum Gasteiger partial charge on any atom is -0.481 e. The lowest BCUT2D eigenvalue weighted by Crippen LogP contribution is -2.52. The Morgan fingerprint density at radius 2 is 2.19 bits per heavy atom. The molecule has 21 heavy (non-hydrogen) atoms. The molecule has 2 amide bonds. The highest BCUT2D eigenvalue weighted by atomic mass is 32.2. The van der Waals surface area contributed by atoms with Gasteiger partial charge in [-0.3, -0.25) is 4.79 Å². The molecule has 7 heteroatoms. The zero-order valence-electron chi connectivity index (χ0n) is 13.1. The number of carboxylic acids is 1. The van der Waals surface area contributed by atoms with Gasteiger partial charge in [-0.15, -0.1) is 0 Å². The van der Waals surface area contributed by atoms with Gasteiger partial charge < -0.3 is 20.1 Å². The van der Waals surface area contributed by atoms with Crippen molar-refractivity contribution < 1.29 is 19.4 Å². The summed E-state index contributed by atoms with van der Waals surface area (Å²) in [5.41, 5.74) is -0.0432. The van der Waals surface area contributed by atoms with Crippen LogP contribution < -0.4 is 5.32 Å². The van der Waals surface area contributed by atoms with E-state index in [1.54, 1.807) is 23.8 Å². The van der Waals surface area contributed by atoms with Crippen LogP contribution in [0.4, 0.5) is 4.79 Å². The van der Waals surface area contributed by atoms with E-state index in [0.29, 0.717) is 25.4 Å². The average Bonchev–Trinajstić information content (AvgIpc) is 2.43. The summed E-state index contributed by atoms with van der Waals surface area (Å²) < 4.78 is 5.07. The Labute approximate surface area is 130 Å². The van der Waals surface area contributed by atoms with Gasteiger partial charge in [0.25, 0.3) is 0 Å². The predicted octanol–water partition coefficient (Wildman–Crippen LogP) is 1.65. The fourth-order valence-corrected chi connectivity index (χ4v) is 3.24. The molecule has 1 atom stereocenters. The molecule has 1 saturated heterocycles. The fourth-order valence-electron chi connectivity index (χ4n) is 2.18. The van der Waals surface area contributed by atoms with Gasteiger partial charge in [-0.2, -0.15) is 11.8 Å². The van der Waals surface area contributed by atoms with Crippen molar-refractivity contribution in [2.45, 2.75) is 32.7 Å². The number of thioether (sulfide) groups is 1. The summed E-state index contributed by atoms with van der Waals surface area (Å²) in [6.45, 7) is 5.97. The van der Waals surface area contributed by atoms with E-state index in [4.69, 9.17) is 9.84 Å². The number of nitrogens with one attached hydrogen (secondary N) is 1. The lowest BCUT2D eigenvalue weighted by molar-refractivity contribution is -0.138. The van der Waals surface area contributed by atoms with Gasteiger partial charge in [0.15, 0.2) is 0 Å². The van der Waals surface area contributed by atoms with Crippen molar-refractivity contribution in [3.8, 4) is 0 Å². The molecule has 0 aromatic carbocycles. The third kappa shape index (κ3) is 6.56. The summed E-state index contributed by atoms with van der Waals surface area (Å²) in [6.07, 6.45) is 0.867. The molecule has 122 valence electrons. The van der Waals surface area contributed by atoms with E-state index in [1.165, 1.54) is 0 Å². The van der Waals surface area contributed by atoms with Crippen molar-refractivity contribution in [2.24, 2.45) is 5.41 Å². The van der Waals surface area contributed by atoms with Gasteiger partial charge in [0.2, 0.25) is 0 Å². The first-order valence-electron chi connectivity index (χ1n) is 7.18. The number of nitrogens with zero attached hydrogens (tertiary/aromatic N) is 1. The van der Waals surface area contributed by atoms with Crippen molar-refractivity contribution in [1.29, 1.82) is 0 Å². The molecule has 0 radical (unpaired) electrons. The normalized spacial score (nSPS) is 19.4. The summed E-state index contributed by atoms with van der Waals surface area (Å²) in [7, 11) is 1.66. The maximum Gasteiger partial charge on any atom is 0.317 e. The second-order valence-corrected chi connectivity index (χ2v) is 7.24. The molecule has 6 nitrogen and oxygen atoms in total. The van der Waals surface area contributed by atoms with Crippen LogP contribution in [0.5, 0.6) is 0 Å². The highest BCUT2D eigenvalue weighted by Gasteiger charge is 2.29. The molecule has 1 fully saturated rings. The molecule has 0 aliphatic carbocycles. The number of methoxy groups -OCH3 is 1. The lowest BCUT2D eigenvalue weighted by atomic mass is 9.90. The van der Waals surface area contributed by atoms with Crippen molar-refractivity contribution in [2.75, 3.05) is 38.3 Å². The summed E-state index contributed by atoms with van der Waals surface area (Å²) in [6, 6.07) is -0.379. The minimum atomic E-state index is -0.860. The number of carboxylic acid groups (broad SMARTS) is 1. The number of hydrogen-bond donors (Lipinski definition) is 2. The molecular formula is C14H26N2O4S. The Morgan fingerprint density at radius 3 is 2.81 bits per heavy atom. The molecule has 1 aliphatic rings. The Bertz CT molecular complexity index is 363. The Hall–Kier alpha value is -0.950. The van der Waals surface area contributed by atoms with Crippen LogP contribution in [0.1, 0.15) is 26.7 Å². The van der Waals surface area contributed by atoms with Crippen LogP contribution in [-0.4, -0.2) is 66.4 Å². The van der Waals surface area contributed by atoms with Gasteiger partial charge in [0.1, 0.15) is 0 Å². The van der Waals surface area contributed by atoms with Crippen molar-refractivity contribution >= 4 is 23.8 Å². The SMILES string of the molecule is COCCC(C)(C)CNC(=O)N1CCSCC1CC(=O)O. The largest absolute Gasteiger partial charge is 0.481 e. The molecule has 1 heterocycles. The first-order chi connectivity index (χ1) is 9.85. The highest BCUT2D eigenvalue weighted by Crippen LogP contribution is 2.21. The van der Waals surface area contributed by atoms with Crippen LogP contribution in [0.2, 0.25) is 0 Å². The van der Waals surface area contributed by atoms with Gasteiger partial charge in [-0.25, -0.2) is 4.79 Å². The third-order valence-corrected chi connectivity index (χ3v) is 4.69. The summed E-state index contributed by atoms with van der Waals surface area (Å²) in [5.74, 6) is 0.685. The molecule has 1 rings (SSSR count). The van der Waals surface area contributed by atoms with Crippen LogP contribution >= 0.6 is 11.8 Å². The van der Waals surface area contributed by atoms with Crippen molar-refractivity contribution in [1.82, 2.24) is 10.2 Å². The van der Waals surface area contributed by atoms with Gasteiger partial charge in [0, 0.05) is 38.3 Å².